The molecule has 1 aliphatic heterocycles. The molecule has 0 aromatic heterocycles. The number of rotatable bonds is 45. The Bertz CT molecular complexity index is 1470. The van der Waals surface area contributed by atoms with Crippen molar-refractivity contribution in [1.82, 2.24) is 10.2 Å². The van der Waals surface area contributed by atoms with Crippen molar-refractivity contribution in [2.45, 2.75) is 282 Å². The highest BCUT2D eigenvalue weighted by Gasteiger charge is 2.47. The Labute approximate surface area is 432 Å². The molecule has 72 heavy (non-hydrogen) atoms. The van der Waals surface area contributed by atoms with Crippen LogP contribution in [0.1, 0.15) is 227 Å². The van der Waals surface area contributed by atoms with Crippen LogP contribution in [0.15, 0.2) is 0 Å². The summed E-state index contributed by atoms with van der Waals surface area (Å²) in [7, 11) is 0. The van der Waals surface area contributed by atoms with E-state index in [9.17, 15) is 44.1 Å². The summed E-state index contributed by atoms with van der Waals surface area (Å²) in [6.45, 7) is 6.81. The first-order valence-electron chi connectivity index (χ1n) is 28.0. The third-order valence-electron chi connectivity index (χ3n) is 13.2. The minimum atomic E-state index is -1.66. The maximum atomic E-state index is 13.5. The normalized spacial score (nSPS) is 19.4. The minimum absolute atomic E-state index is 0.158. The molecule has 1 rings (SSSR count). The third-order valence-corrected chi connectivity index (χ3v) is 13.2. The largest absolute Gasteiger partial charge is 0.462 e. The molecule has 1 fully saturated rings. The van der Waals surface area contributed by atoms with E-state index in [-0.39, 0.29) is 32.4 Å². The zero-order valence-corrected chi connectivity index (χ0v) is 45.2. The SMILES string of the molecule is CCCCCCCCCCCCCCCC(=O)OC[C@H](COC(=O)CC[C@H](C(N)=O)N(CC(C)O[C@H]1[C@H](O)[C@@H](CO)O[C@H](O)[C@@H]1NC(C)=O)C(=O)[C@H](C)N)OC(=O)CCCCCCCCCCCCCCC. The first-order valence-corrected chi connectivity index (χ1v) is 28.0. The van der Waals surface area contributed by atoms with Gasteiger partial charge in [0.15, 0.2) is 12.4 Å². The number of amides is 3. The van der Waals surface area contributed by atoms with E-state index in [4.69, 9.17) is 35.2 Å². The number of primary amides is 1. The van der Waals surface area contributed by atoms with Gasteiger partial charge in [0.25, 0.3) is 0 Å². The van der Waals surface area contributed by atoms with E-state index in [2.05, 4.69) is 19.2 Å². The first kappa shape index (κ1) is 66.6. The van der Waals surface area contributed by atoms with Gasteiger partial charge in [0.2, 0.25) is 17.7 Å². The van der Waals surface area contributed by atoms with Gasteiger partial charge in [0, 0.05) is 32.7 Å². The lowest BCUT2D eigenvalue weighted by atomic mass is 9.96. The second-order valence-corrected chi connectivity index (χ2v) is 20.1. The highest BCUT2D eigenvalue weighted by atomic mass is 16.6. The zero-order chi connectivity index (χ0) is 53.5. The number of hydrogen-bond donors (Lipinski definition) is 6. The highest BCUT2D eigenvalue weighted by Crippen LogP contribution is 2.25. The van der Waals surface area contributed by atoms with Crippen LogP contribution in [0.4, 0.5) is 0 Å². The predicted octanol–water partition coefficient (Wildman–Crippen LogP) is 7.11. The lowest BCUT2D eigenvalue weighted by Gasteiger charge is -2.44. The van der Waals surface area contributed by atoms with Gasteiger partial charge in [-0.25, -0.2) is 0 Å². The molecule has 0 aliphatic carbocycles. The number of hydrogen-bond acceptors (Lipinski definition) is 15. The molecule has 1 heterocycles. The number of carbonyl (C=O) groups excluding carboxylic acids is 6. The number of esters is 3. The smallest absolute Gasteiger partial charge is 0.306 e. The van der Waals surface area contributed by atoms with E-state index in [1.54, 1.807) is 0 Å². The molecule has 0 aromatic rings. The Morgan fingerprint density at radius 3 is 1.46 bits per heavy atom. The fraction of sp³-hybridized carbons (Fsp3) is 0.889. The summed E-state index contributed by atoms with van der Waals surface area (Å²) >= 11 is 0. The minimum Gasteiger partial charge on any atom is -0.462 e. The van der Waals surface area contributed by atoms with E-state index in [0.29, 0.717) is 12.8 Å². The molecule has 420 valence electrons. The number of nitrogens with zero attached hydrogens (tertiary/aromatic N) is 1. The number of ether oxygens (including phenoxy) is 5. The summed E-state index contributed by atoms with van der Waals surface area (Å²) in [5, 5.41) is 33.7. The van der Waals surface area contributed by atoms with Crippen molar-refractivity contribution in [3.63, 3.8) is 0 Å². The number of aliphatic hydroxyl groups is 3. The third kappa shape index (κ3) is 31.3. The summed E-state index contributed by atoms with van der Waals surface area (Å²) in [4.78, 5) is 78.4. The van der Waals surface area contributed by atoms with Crippen LogP contribution < -0.4 is 16.8 Å². The van der Waals surface area contributed by atoms with Crippen molar-refractivity contribution in [3.05, 3.63) is 0 Å². The molecule has 18 heteroatoms. The van der Waals surface area contributed by atoms with E-state index in [0.717, 1.165) is 43.4 Å². The molecular weight excluding hydrogens is 929 g/mol. The molecule has 0 radical (unpaired) electrons. The molecule has 0 spiro atoms. The van der Waals surface area contributed by atoms with Crippen LogP contribution in [0.5, 0.6) is 0 Å². The number of carbonyl (C=O) groups is 6. The number of unbranched alkanes of at least 4 members (excludes halogenated alkanes) is 24. The molecule has 0 bridgehead atoms. The van der Waals surface area contributed by atoms with E-state index >= 15 is 0 Å². The standard InChI is InChI=1S/C54H100N4O14/c1-6-8-10-12-14-16-18-20-22-24-26-28-30-32-46(61)68-38-43(71-48(63)33-31-29-27-25-23-21-19-17-15-13-11-9-7-2)39-69-47(62)35-34-44(52(56)65)58(53(66)41(4)55)36-40(3)70-51-49(57-42(5)60)54(67)72-45(37-59)50(51)64/h40-41,43-45,49-51,54,59,64,67H,6-39,55H2,1-5H3,(H2,56,65)(H,57,60)/t40?,41-,43+,44+,45+,49+,50+,51+,54-/m0/s1. The molecule has 1 aliphatic rings. The molecule has 0 saturated carbocycles. The van der Waals surface area contributed by atoms with Gasteiger partial charge in [0.1, 0.15) is 43.6 Å². The fourth-order valence-electron chi connectivity index (χ4n) is 9.01. The molecule has 1 unspecified atom stereocenters. The topological polar surface area (TPSA) is 277 Å². The van der Waals surface area contributed by atoms with Gasteiger partial charge in [-0.15, -0.1) is 0 Å². The Kier molecular flexibility index (Phi) is 38.7. The molecule has 8 N–H and O–H groups in total. The number of nitrogens with one attached hydrogen (secondary N) is 1. The summed E-state index contributed by atoms with van der Waals surface area (Å²) in [5.41, 5.74) is 11.7. The van der Waals surface area contributed by atoms with Gasteiger partial charge in [-0.3, -0.25) is 28.8 Å². The van der Waals surface area contributed by atoms with Crippen LogP contribution in [0.3, 0.4) is 0 Å². The van der Waals surface area contributed by atoms with Crippen LogP contribution in [-0.2, 0) is 52.5 Å². The molecule has 3 amide bonds. The van der Waals surface area contributed by atoms with Gasteiger partial charge in [-0.1, -0.05) is 168 Å². The second kappa shape index (κ2) is 41.9. The van der Waals surface area contributed by atoms with Crippen molar-refractivity contribution in [2.75, 3.05) is 26.4 Å². The van der Waals surface area contributed by atoms with Gasteiger partial charge < -0.3 is 60.7 Å². The quantitative estimate of drug-likeness (QED) is 0.0202. The maximum absolute atomic E-state index is 13.5. The van der Waals surface area contributed by atoms with Crippen molar-refractivity contribution >= 4 is 35.6 Å². The Morgan fingerprint density at radius 2 is 1.06 bits per heavy atom. The van der Waals surface area contributed by atoms with Crippen LogP contribution in [0.25, 0.3) is 0 Å². The maximum Gasteiger partial charge on any atom is 0.306 e. The molecule has 1 saturated heterocycles. The van der Waals surface area contributed by atoms with Gasteiger partial charge >= 0.3 is 17.9 Å². The summed E-state index contributed by atoms with van der Waals surface area (Å²) in [6, 6.07) is -3.77. The fourth-order valence-corrected chi connectivity index (χ4v) is 9.01. The Balaban J connectivity index is 2.84. The van der Waals surface area contributed by atoms with Crippen molar-refractivity contribution < 1.29 is 67.8 Å². The molecular formula is C54H100N4O14. The monoisotopic (exact) mass is 1030 g/mol. The van der Waals surface area contributed by atoms with Gasteiger partial charge in [-0.05, 0) is 33.1 Å². The van der Waals surface area contributed by atoms with Gasteiger partial charge in [-0.2, -0.15) is 0 Å². The number of nitrogens with two attached hydrogens (primary N) is 2. The van der Waals surface area contributed by atoms with Crippen LogP contribution >= 0.6 is 0 Å². The predicted molar refractivity (Wildman–Crippen MR) is 276 cm³/mol. The summed E-state index contributed by atoms with van der Waals surface area (Å²) in [5.74, 6) is -3.98. The van der Waals surface area contributed by atoms with Crippen molar-refractivity contribution in [2.24, 2.45) is 11.5 Å². The number of aliphatic hydroxyl groups excluding tert-OH is 3. The lowest BCUT2D eigenvalue weighted by molar-refractivity contribution is -0.268. The van der Waals surface area contributed by atoms with E-state index < -0.39 is 110 Å². The van der Waals surface area contributed by atoms with Crippen LogP contribution in [0, 0.1) is 0 Å². The first-order chi connectivity index (χ1) is 34.6. The van der Waals surface area contributed by atoms with Crippen LogP contribution in [0.2, 0.25) is 0 Å². The van der Waals surface area contributed by atoms with Crippen LogP contribution in [-0.4, -0.2) is 137 Å². The van der Waals surface area contributed by atoms with E-state index in [1.165, 1.54) is 136 Å². The van der Waals surface area contributed by atoms with Gasteiger partial charge in [0.05, 0.1) is 18.8 Å². The molecule has 0 aromatic carbocycles. The molecule has 18 nitrogen and oxygen atoms in total. The average Bonchev–Trinajstić information content (AvgIpc) is 3.34. The highest BCUT2D eigenvalue weighted by molar-refractivity contribution is 5.89. The Morgan fingerprint density at radius 1 is 0.639 bits per heavy atom. The summed E-state index contributed by atoms with van der Waals surface area (Å²) < 4.78 is 28.0. The second-order valence-electron chi connectivity index (χ2n) is 20.1. The van der Waals surface area contributed by atoms with E-state index in [1.807, 2.05) is 0 Å². The summed E-state index contributed by atoms with van der Waals surface area (Å²) in [6.07, 6.45) is 22.2. The molecule has 9 atom stereocenters. The zero-order valence-electron chi connectivity index (χ0n) is 45.2. The van der Waals surface area contributed by atoms with Crippen molar-refractivity contribution in [3.8, 4) is 0 Å². The lowest BCUT2D eigenvalue weighted by Crippen LogP contribution is -2.65. The van der Waals surface area contributed by atoms with Crippen molar-refractivity contribution in [1.29, 1.82) is 0 Å². The Hall–Kier alpha value is -3.42. The average molecular weight is 1030 g/mol.